The zero-order chi connectivity index (χ0) is 20.7. The molecule has 1 aromatic carbocycles. The van der Waals surface area contributed by atoms with Crippen LogP contribution in [0.4, 0.5) is 0 Å². The van der Waals surface area contributed by atoms with E-state index in [-0.39, 0.29) is 17.2 Å². The zero-order valence-corrected chi connectivity index (χ0v) is 17.1. The minimum atomic E-state index is -3.83. The maximum absolute atomic E-state index is 13.1. The molecular weight excluding hydrogens is 380 g/mol. The molecule has 2 amide bonds. The van der Waals surface area contributed by atoms with Gasteiger partial charge in [0.1, 0.15) is 11.0 Å². The number of aryl methyl sites for hydroxylation is 1. The van der Waals surface area contributed by atoms with Gasteiger partial charge in [-0.25, -0.2) is 8.42 Å². The van der Waals surface area contributed by atoms with Gasteiger partial charge < -0.3 is 15.1 Å². The Morgan fingerprint density at radius 3 is 2.25 bits per heavy atom. The molecule has 7 nitrogen and oxygen atoms in total. The van der Waals surface area contributed by atoms with Crippen molar-refractivity contribution in [1.82, 2.24) is 10.6 Å². The summed E-state index contributed by atoms with van der Waals surface area (Å²) in [6, 6.07) is 9.54. The van der Waals surface area contributed by atoms with Crippen molar-refractivity contribution in [2.24, 2.45) is 5.92 Å². The molecule has 2 N–H and O–H groups in total. The minimum absolute atomic E-state index is 0.120. The summed E-state index contributed by atoms with van der Waals surface area (Å²) in [7, 11) is -3.83. The Morgan fingerprint density at radius 2 is 1.68 bits per heavy atom. The van der Waals surface area contributed by atoms with Gasteiger partial charge in [0, 0.05) is 13.1 Å². The van der Waals surface area contributed by atoms with Crippen LogP contribution in [0, 0.1) is 12.8 Å². The lowest BCUT2D eigenvalue weighted by atomic mass is 10.1. The van der Waals surface area contributed by atoms with E-state index in [4.69, 9.17) is 4.42 Å². The lowest BCUT2D eigenvalue weighted by Crippen LogP contribution is -2.42. The Bertz CT molecular complexity index is 887. The molecule has 0 radical (unpaired) electrons. The molecule has 1 unspecified atom stereocenters. The molecule has 1 heterocycles. The number of hydrogen-bond acceptors (Lipinski definition) is 5. The number of benzene rings is 1. The highest BCUT2D eigenvalue weighted by atomic mass is 32.2. The Hall–Kier alpha value is -2.61. The number of rotatable bonds is 8. The Morgan fingerprint density at radius 1 is 1.04 bits per heavy atom. The second-order valence-corrected chi connectivity index (χ2v) is 9.14. The number of carbonyl (C=O) groups excluding carboxylic acids is 2. The van der Waals surface area contributed by atoms with Crippen LogP contribution in [0.2, 0.25) is 0 Å². The average molecular weight is 407 g/mol. The average Bonchev–Trinajstić information content (AvgIpc) is 3.15. The highest BCUT2D eigenvalue weighted by Gasteiger charge is 2.32. The number of sulfone groups is 1. The predicted octanol–water partition coefficient (Wildman–Crippen LogP) is 2.38. The largest absolute Gasteiger partial charge is 0.468 e. The van der Waals surface area contributed by atoms with E-state index in [0.29, 0.717) is 12.5 Å². The summed E-state index contributed by atoms with van der Waals surface area (Å²) < 4.78 is 31.4. The van der Waals surface area contributed by atoms with Gasteiger partial charge in [0.25, 0.3) is 0 Å². The summed E-state index contributed by atoms with van der Waals surface area (Å²) in [5.74, 6) is -1.07. The van der Waals surface area contributed by atoms with Crippen LogP contribution in [0.25, 0.3) is 0 Å². The molecule has 152 valence electrons. The monoisotopic (exact) mass is 406 g/mol. The normalized spacial score (nSPS) is 12.6. The fourth-order valence-corrected chi connectivity index (χ4v) is 4.14. The minimum Gasteiger partial charge on any atom is -0.468 e. The van der Waals surface area contributed by atoms with E-state index in [1.807, 2.05) is 20.8 Å². The molecule has 0 saturated carbocycles. The topological polar surface area (TPSA) is 105 Å². The lowest BCUT2D eigenvalue weighted by molar-refractivity contribution is -0.139. The number of furan rings is 1. The number of nitrogens with one attached hydrogen (secondary N) is 2. The second-order valence-electron chi connectivity index (χ2n) is 7.01. The second kappa shape index (κ2) is 9.54. The Labute approximate surface area is 165 Å². The van der Waals surface area contributed by atoms with Crippen LogP contribution in [-0.4, -0.2) is 33.3 Å². The van der Waals surface area contributed by atoms with Gasteiger partial charge >= 0.3 is 11.8 Å². The standard InChI is InChI=1S/C20H26N2O5S/c1-14(2)10-11-21-19(23)20(24)22-13-18(17-5-4-12-27-17)28(25,26)16-8-6-15(3)7-9-16/h4-9,12,14,18H,10-11,13H2,1-3H3,(H,21,23)(H,22,24). The first-order chi connectivity index (χ1) is 13.2. The van der Waals surface area contributed by atoms with Gasteiger partial charge in [-0.15, -0.1) is 0 Å². The summed E-state index contributed by atoms with van der Waals surface area (Å²) in [6.07, 6.45) is 2.11. The van der Waals surface area contributed by atoms with Crippen molar-refractivity contribution >= 4 is 21.7 Å². The van der Waals surface area contributed by atoms with E-state index in [2.05, 4.69) is 10.6 Å². The molecule has 8 heteroatoms. The summed E-state index contributed by atoms with van der Waals surface area (Å²) >= 11 is 0. The molecule has 0 bridgehead atoms. The molecule has 0 saturated heterocycles. The third-order valence-electron chi connectivity index (χ3n) is 4.25. The van der Waals surface area contributed by atoms with Crippen molar-refractivity contribution in [1.29, 1.82) is 0 Å². The molecule has 2 rings (SSSR count). The predicted molar refractivity (Wildman–Crippen MR) is 105 cm³/mol. The molecule has 1 atom stereocenters. The van der Waals surface area contributed by atoms with Crippen molar-refractivity contribution in [2.45, 2.75) is 37.3 Å². The third kappa shape index (κ3) is 5.69. The molecular formula is C20H26N2O5S. The molecule has 28 heavy (non-hydrogen) atoms. The fourth-order valence-electron chi connectivity index (χ4n) is 2.55. The number of carbonyl (C=O) groups is 2. The molecule has 0 aliphatic rings. The first kappa shape index (κ1) is 21.7. The summed E-state index contributed by atoms with van der Waals surface area (Å²) in [6.45, 7) is 5.98. The van der Waals surface area contributed by atoms with E-state index in [1.54, 1.807) is 18.2 Å². The van der Waals surface area contributed by atoms with Gasteiger partial charge in [-0.3, -0.25) is 9.59 Å². The van der Waals surface area contributed by atoms with Gasteiger partial charge in [-0.05, 0) is 43.5 Å². The van der Waals surface area contributed by atoms with Crippen molar-refractivity contribution in [3.05, 3.63) is 54.0 Å². The molecule has 0 aliphatic carbocycles. The van der Waals surface area contributed by atoms with Crippen LogP contribution >= 0.6 is 0 Å². The van der Waals surface area contributed by atoms with E-state index in [1.165, 1.54) is 24.5 Å². The van der Waals surface area contributed by atoms with Crippen LogP contribution in [0.15, 0.2) is 52.0 Å². The maximum Gasteiger partial charge on any atom is 0.309 e. The van der Waals surface area contributed by atoms with Crippen molar-refractivity contribution in [3.63, 3.8) is 0 Å². The first-order valence-electron chi connectivity index (χ1n) is 9.11. The molecule has 0 fully saturated rings. The summed E-state index contributed by atoms with van der Waals surface area (Å²) in [4.78, 5) is 24.1. The van der Waals surface area contributed by atoms with Crippen molar-refractivity contribution in [2.75, 3.05) is 13.1 Å². The van der Waals surface area contributed by atoms with E-state index in [0.717, 1.165) is 12.0 Å². The van der Waals surface area contributed by atoms with E-state index in [9.17, 15) is 18.0 Å². The van der Waals surface area contributed by atoms with Crippen LogP contribution < -0.4 is 10.6 Å². The van der Waals surface area contributed by atoms with Crippen LogP contribution in [0.3, 0.4) is 0 Å². The van der Waals surface area contributed by atoms with E-state index >= 15 is 0 Å². The smallest absolute Gasteiger partial charge is 0.309 e. The van der Waals surface area contributed by atoms with Crippen LogP contribution in [0.5, 0.6) is 0 Å². The van der Waals surface area contributed by atoms with Gasteiger partial charge in [0.2, 0.25) is 0 Å². The van der Waals surface area contributed by atoms with Crippen LogP contribution in [-0.2, 0) is 19.4 Å². The quantitative estimate of drug-likeness (QED) is 0.655. The van der Waals surface area contributed by atoms with Crippen molar-refractivity contribution in [3.8, 4) is 0 Å². The summed E-state index contributed by atoms with van der Waals surface area (Å²) in [5, 5.41) is 3.79. The zero-order valence-electron chi connectivity index (χ0n) is 16.3. The highest BCUT2D eigenvalue weighted by Crippen LogP contribution is 2.29. The van der Waals surface area contributed by atoms with Gasteiger partial charge in [-0.2, -0.15) is 0 Å². The van der Waals surface area contributed by atoms with Gasteiger partial charge in [-0.1, -0.05) is 31.5 Å². The fraction of sp³-hybridized carbons (Fsp3) is 0.400. The van der Waals surface area contributed by atoms with Crippen LogP contribution in [0.1, 0.15) is 36.8 Å². The lowest BCUT2D eigenvalue weighted by Gasteiger charge is -2.17. The number of amides is 2. The molecule has 0 aliphatic heterocycles. The van der Waals surface area contributed by atoms with Gasteiger partial charge in [0.05, 0.1) is 11.2 Å². The molecule has 0 spiro atoms. The number of hydrogen-bond donors (Lipinski definition) is 2. The highest BCUT2D eigenvalue weighted by molar-refractivity contribution is 7.91. The Balaban J connectivity index is 2.11. The Kier molecular flexibility index (Phi) is 7.39. The molecule has 1 aromatic heterocycles. The first-order valence-corrected chi connectivity index (χ1v) is 10.7. The summed E-state index contributed by atoms with van der Waals surface area (Å²) in [5.41, 5.74) is 0.930. The molecule has 2 aromatic rings. The van der Waals surface area contributed by atoms with Gasteiger partial charge in [0.15, 0.2) is 9.84 Å². The SMILES string of the molecule is Cc1ccc(S(=O)(=O)C(CNC(=O)C(=O)NCCC(C)C)c2ccco2)cc1. The van der Waals surface area contributed by atoms with Crippen molar-refractivity contribution < 1.29 is 22.4 Å². The van der Waals surface area contributed by atoms with E-state index < -0.39 is 26.9 Å². The third-order valence-corrected chi connectivity index (χ3v) is 6.32. The maximum atomic E-state index is 13.1.